The van der Waals surface area contributed by atoms with Gasteiger partial charge in [0, 0.05) is 13.0 Å². The van der Waals surface area contributed by atoms with Crippen LogP contribution in [-0.2, 0) is 25.6 Å². The van der Waals surface area contributed by atoms with E-state index in [1.807, 2.05) is 0 Å². The Morgan fingerprint density at radius 3 is 2.15 bits per heavy atom. The second kappa shape index (κ2) is 14.4. The van der Waals surface area contributed by atoms with E-state index >= 15 is 0 Å². The van der Waals surface area contributed by atoms with Gasteiger partial charge in [0.15, 0.2) is 5.96 Å². The summed E-state index contributed by atoms with van der Waals surface area (Å²) in [5.41, 5.74) is 16.7. The fraction of sp³-hybridized carbons (Fsp3) is 0.476. The molecule has 0 spiro atoms. The molecule has 1 aromatic carbocycles. The zero-order valence-electron chi connectivity index (χ0n) is 18.9. The van der Waals surface area contributed by atoms with Crippen LogP contribution in [0.2, 0.25) is 0 Å². The number of hydrogen-bond acceptors (Lipinski definition) is 7. The molecule has 0 aliphatic carbocycles. The van der Waals surface area contributed by atoms with Gasteiger partial charge >= 0.3 is 5.97 Å². The van der Waals surface area contributed by atoms with Crippen LogP contribution in [0.5, 0.6) is 0 Å². The molecule has 0 aliphatic heterocycles. The summed E-state index contributed by atoms with van der Waals surface area (Å²) in [5, 5.41) is 25.8. The maximum Gasteiger partial charge on any atom is 0.326 e. The molecule has 0 heterocycles. The largest absolute Gasteiger partial charge is 0.480 e. The van der Waals surface area contributed by atoms with Gasteiger partial charge in [0.2, 0.25) is 17.7 Å². The van der Waals surface area contributed by atoms with Crippen molar-refractivity contribution >= 4 is 29.7 Å². The Kier molecular flexibility index (Phi) is 12.0. The Bertz CT molecular complexity index is 860. The van der Waals surface area contributed by atoms with Gasteiger partial charge in [-0.15, -0.1) is 0 Å². The first kappa shape index (κ1) is 28.3. The summed E-state index contributed by atoms with van der Waals surface area (Å²) in [5.74, 6) is -3.51. The minimum Gasteiger partial charge on any atom is -0.480 e. The highest BCUT2D eigenvalue weighted by atomic mass is 16.4. The highest BCUT2D eigenvalue weighted by molar-refractivity contribution is 5.93. The Hall–Kier alpha value is -3.71. The number of hydrogen-bond donors (Lipinski definition) is 8. The first-order chi connectivity index (χ1) is 16.0. The third-order valence-electron chi connectivity index (χ3n) is 4.76. The standard InChI is InChI=1S/C21H33N7O6/c1-12(17(30)28-16(20(33)34)10-13-6-3-2-4-7-13)26-19(32)15(8-5-9-25-21(23)24)27-18(31)14(22)11-29/h2-4,6-7,12,14-16,29H,5,8-11,22H2,1H3,(H,26,32)(H,27,31)(H,28,30)(H,33,34)(H4,23,24,25). The van der Waals surface area contributed by atoms with Crippen LogP contribution in [0.3, 0.4) is 0 Å². The van der Waals surface area contributed by atoms with Crippen LogP contribution in [0.4, 0.5) is 0 Å². The molecule has 3 amide bonds. The Balaban J connectivity index is 2.78. The van der Waals surface area contributed by atoms with Crippen molar-refractivity contribution in [2.24, 2.45) is 22.2 Å². The number of benzene rings is 1. The van der Waals surface area contributed by atoms with Gasteiger partial charge in [-0.2, -0.15) is 0 Å². The minimum absolute atomic E-state index is 0.0606. The Labute approximate surface area is 197 Å². The highest BCUT2D eigenvalue weighted by Gasteiger charge is 2.28. The van der Waals surface area contributed by atoms with Gasteiger partial charge in [0.05, 0.1) is 6.61 Å². The number of carboxylic acids is 1. The second-order valence-corrected chi connectivity index (χ2v) is 7.62. The molecular weight excluding hydrogens is 446 g/mol. The van der Waals surface area contributed by atoms with Crippen LogP contribution >= 0.6 is 0 Å². The molecule has 4 atom stereocenters. The predicted molar refractivity (Wildman–Crippen MR) is 124 cm³/mol. The van der Waals surface area contributed by atoms with Gasteiger partial charge in [0.25, 0.3) is 0 Å². The molecule has 13 heteroatoms. The van der Waals surface area contributed by atoms with Crippen molar-refractivity contribution in [2.75, 3.05) is 13.2 Å². The monoisotopic (exact) mass is 479 g/mol. The summed E-state index contributed by atoms with van der Waals surface area (Å²) >= 11 is 0. The minimum atomic E-state index is -1.23. The van der Waals surface area contributed by atoms with Gasteiger partial charge in [0.1, 0.15) is 24.2 Å². The first-order valence-corrected chi connectivity index (χ1v) is 10.6. The lowest BCUT2D eigenvalue weighted by Crippen LogP contribution is -2.56. The SMILES string of the molecule is CC(NC(=O)C(CCCN=C(N)N)NC(=O)C(N)CO)C(=O)NC(Cc1ccccc1)C(=O)O. The number of carbonyl (C=O) groups excluding carboxylic acids is 3. The number of aliphatic imine (C=N–C) groups is 1. The van der Waals surface area contributed by atoms with E-state index in [0.29, 0.717) is 6.42 Å². The van der Waals surface area contributed by atoms with Crippen molar-refractivity contribution in [1.82, 2.24) is 16.0 Å². The summed E-state index contributed by atoms with van der Waals surface area (Å²) in [6.45, 7) is 0.960. The van der Waals surface area contributed by atoms with E-state index in [2.05, 4.69) is 20.9 Å². The van der Waals surface area contributed by atoms with Crippen LogP contribution in [0.15, 0.2) is 35.3 Å². The van der Waals surface area contributed by atoms with Crippen LogP contribution in [-0.4, -0.2) is 77.2 Å². The number of amides is 3. The van der Waals surface area contributed by atoms with E-state index in [9.17, 15) is 24.3 Å². The van der Waals surface area contributed by atoms with Crippen molar-refractivity contribution in [3.8, 4) is 0 Å². The molecule has 34 heavy (non-hydrogen) atoms. The molecule has 0 aliphatic rings. The summed E-state index contributed by atoms with van der Waals surface area (Å²) < 4.78 is 0. The summed E-state index contributed by atoms with van der Waals surface area (Å²) in [6.07, 6.45) is 0.501. The smallest absolute Gasteiger partial charge is 0.326 e. The van der Waals surface area contributed by atoms with E-state index in [4.69, 9.17) is 22.3 Å². The molecule has 1 rings (SSSR count). The zero-order valence-corrected chi connectivity index (χ0v) is 18.9. The lowest BCUT2D eigenvalue weighted by atomic mass is 10.1. The van der Waals surface area contributed by atoms with E-state index in [1.165, 1.54) is 6.92 Å². The third kappa shape index (κ3) is 10.3. The number of nitrogens with two attached hydrogens (primary N) is 3. The molecule has 0 fully saturated rings. The number of nitrogens with one attached hydrogen (secondary N) is 3. The molecule has 0 radical (unpaired) electrons. The number of aliphatic hydroxyl groups excluding tert-OH is 1. The molecule has 0 saturated heterocycles. The molecule has 0 saturated carbocycles. The van der Waals surface area contributed by atoms with Gasteiger partial charge in [-0.25, -0.2) is 4.79 Å². The van der Waals surface area contributed by atoms with Crippen molar-refractivity contribution in [2.45, 2.75) is 50.4 Å². The normalized spacial score (nSPS) is 14.1. The number of nitrogens with zero attached hydrogens (tertiary/aromatic N) is 1. The number of guanidine groups is 1. The lowest BCUT2D eigenvalue weighted by molar-refractivity contribution is -0.142. The van der Waals surface area contributed by atoms with Crippen molar-refractivity contribution in [3.63, 3.8) is 0 Å². The van der Waals surface area contributed by atoms with E-state index in [-0.39, 0.29) is 25.3 Å². The van der Waals surface area contributed by atoms with Gasteiger partial charge in [-0.3, -0.25) is 19.4 Å². The molecular formula is C21H33N7O6. The number of carbonyl (C=O) groups is 4. The van der Waals surface area contributed by atoms with Crippen molar-refractivity contribution in [3.05, 3.63) is 35.9 Å². The van der Waals surface area contributed by atoms with E-state index < -0.39 is 54.5 Å². The maximum atomic E-state index is 12.7. The summed E-state index contributed by atoms with van der Waals surface area (Å²) in [6, 6.07) is 4.14. The Morgan fingerprint density at radius 2 is 1.59 bits per heavy atom. The molecule has 13 nitrogen and oxygen atoms in total. The fourth-order valence-electron chi connectivity index (χ4n) is 2.86. The number of rotatable bonds is 14. The molecule has 4 unspecified atom stereocenters. The highest BCUT2D eigenvalue weighted by Crippen LogP contribution is 2.05. The number of carboxylic acid groups (broad SMARTS) is 1. The summed E-state index contributed by atoms with van der Waals surface area (Å²) in [7, 11) is 0. The van der Waals surface area contributed by atoms with Crippen LogP contribution in [0.25, 0.3) is 0 Å². The van der Waals surface area contributed by atoms with Crippen LogP contribution in [0, 0.1) is 0 Å². The van der Waals surface area contributed by atoms with E-state index in [0.717, 1.165) is 5.56 Å². The lowest BCUT2D eigenvalue weighted by Gasteiger charge is -2.23. The van der Waals surface area contributed by atoms with E-state index in [1.54, 1.807) is 30.3 Å². The van der Waals surface area contributed by atoms with Gasteiger partial charge < -0.3 is 43.4 Å². The molecule has 0 bridgehead atoms. The number of aliphatic carboxylic acids is 1. The second-order valence-electron chi connectivity index (χ2n) is 7.62. The van der Waals surface area contributed by atoms with Crippen LogP contribution in [0.1, 0.15) is 25.3 Å². The van der Waals surface area contributed by atoms with Crippen molar-refractivity contribution < 1.29 is 29.4 Å². The number of aliphatic hydroxyl groups is 1. The average Bonchev–Trinajstić information content (AvgIpc) is 2.79. The third-order valence-corrected chi connectivity index (χ3v) is 4.76. The predicted octanol–water partition coefficient (Wildman–Crippen LogP) is -2.84. The van der Waals surface area contributed by atoms with Crippen LogP contribution < -0.4 is 33.2 Å². The quantitative estimate of drug-likeness (QED) is 0.0778. The maximum absolute atomic E-state index is 12.7. The fourth-order valence-corrected chi connectivity index (χ4v) is 2.86. The summed E-state index contributed by atoms with van der Waals surface area (Å²) in [4.78, 5) is 52.7. The topological polar surface area (TPSA) is 235 Å². The molecule has 188 valence electrons. The molecule has 1 aromatic rings. The molecule has 11 N–H and O–H groups in total. The first-order valence-electron chi connectivity index (χ1n) is 10.6. The van der Waals surface area contributed by atoms with Gasteiger partial charge in [-0.05, 0) is 25.3 Å². The zero-order chi connectivity index (χ0) is 25.7. The molecule has 0 aromatic heterocycles. The van der Waals surface area contributed by atoms with Gasteiger partial charge in [-0.1, -0.05) is 30.3 Å². The average molecular weight is 480 g/mol. The Morgan fingerprint density at radius 1 is 0.971 bits per heavy atom. The van der Waals surface area contributed by atoms with Crippen molar-refractivity contribution in [1.29, 1.82) is 0 Å².